The van der Waals surface area contributed by atoms with Crippen LogP contribution in [-0.4, -0.2) is 13.1 Å². The highest BCUT2D eigenvalue weighted by atomic mass is 35.5. The molecular weight excluding hydrogens is 208 g/mol. The van der Waals surface area contributed by atoms with Crippen LogP contribution in [-0.2, 0) is 0 Å². The van der Waals surface area contributed by atoms with E-state index in [1.807, 2.05) is 18.2 Å². The summed E-state index contributed by atoms with van der Waals surface area (Å²) < 4.78 is 0. The van der Waals surface area contributed by atoms with Crippen molar-refractivity contribution in [3.8, 4) is 0 Å². The van der Waals surface area contributed by atoms with Crippen molar-refractivity contribution in [2.75, 3.05) is 13.1 Å². The molecule has 1 rings (SSSR count). The van der Waals surface area contributed by atoms with E-state index in [4.69, 9.17) is 23.1 Å². The van der Waals surface area contributed by atoms with E-state index in [-0.39, 0.29) is 0 Å². The van der Waals surface area contributed by atoms with Crippen LogP contribution in [0.25, 0.3) is 0 Å². The number of hydrogen-bond acceptors (Lipinski definition) is 2. The molecule has 0 aliphatic carbocycles. The van der Waals surface area contributed by atoms with Gasteiger partial charge in [-0.2, -0.15) is 0 Å². The van der Waals surface area contributed by atoms with Crippen LogP contribution >= 0.6 is 11.6 Å². The molecule has 0 fully saturated rings. The first kappa shape index (κ1) is 12.5. The van der Waals surface area contributed by atoms with Crippen molar-refractivity contribution < 1.29 is 0 Å². The monoisotopic (exact) mass is 226 g/mol. The summed E-state index contributed by atoms with van der Waals surface area (Å²) in [5, 5.41) is 0.788. The normalized spacial score (nSPS) is 13.1. The van der Waals surface area contributed by atoms with Crippen LogP contribution in [0.4, 0.5) is 0 Å². The molecule has 0 saturated carbocycles. The molecule has 84 valence electrons. The molecule has 1 atom stereocenters. The molecule has 0 heterocycles. The first-order chi connectivity index (χ1) is 7.17. The van der Waals surface area contributed by atoms with Gasteiger partial charge in [-0.3, -0.25) is 0 Å². The van der Waals surface area contributed by atoms with Gasteiger partial charge >= 0.3 is 0 Å². The predicted octanol–water partition coefficient (Wildman–Crippen LogP) is 2.37. The van der Waals surface area contributed by atoms with Crippen LogP contribution in [0.1, 0.15) is 24.8 Å². The number of benzene rings is 1. The number of hydrogen-bond donors (Lipinski definition) is 2. The van der Waals surface area contributed by atoms with E-state index in [0.717, 1.165) is 11.4 Å². The summed E-state index contributed by atoms with van der Waals surface area (Å²) in [6.45, 7) is 3.49. The Morgan fingerprint density at radius 3 is 2.47 bits per heavy atom. The van der Waals surface area contributed by atoms with Crippen molar-refractivity contribution in [3.05, 3.63) is 34.9 Å². The zero-order valence-corrected chi connectivity index (χ0v) is 9.87. The van der Waals surface area contributed by atoms with E-state index in [9.17, 15) is 0 Å². The highest BCUT2D eigenvalue weighted by Crippen LogP contribution is 2.24. The Bertz CT molecular complexity index is 297. The summed E-state index contributed by atoms with van der Waals surface area (Å²) >= 11 is 5.94. The number of halogens is 1. The van der Waals surface area contributed by atoms with E-state index < -0.39 is 0 Å². The molecule has 0 aliphatic heterocycles. The smallest absolute Gasteiger partial charge is 0.0408 e. The van der Waals surface area contributed by atoms with E-state index >= 15 is 0 Å². The maximum absolute atomic E-state index is 5.94. The van der Waals surface area contributed by atoms with Gasteiger partial charge in [-0.25, -0.2) is 0 Å². The van der Waals surface area contributed by atoms with Crippen LogP contribution in [0.3, 0.4) is 0 Å². The molecule has 0 radical (unpaired) electrons. The molecule has 0 amide bonds. The molecule has 4 N–H and O–H groups in total. The molecule has 0 aromatic heterocycles. The third-order valence-corrected chi connectivity index (χ3v) is 3.01. The first-order valence-electron chi connectivity index (χ1n) is 5.33. The Morgan fingerprint density at radius 2 is 1.93 bits per heavy atom. The third kappa shape index (κ3) is 3.82. The number of rotatable bonds is 5. The Balaban J connectivity index is 2.64. The molecule has 2 nitrogen and oxygen atoms in total. The lowest BCUT2D eigenvalue weighted by Gasteiger charge is -2.18. The fraction of sp³-hybridized carbons (Fsp3) is 0.500. The SMILES string of the molecule is CC(CC(CN)CN)c1cccc(Cl)c1. The fourth-order valence-electron chi connectivity index (χ4n) is 1.74. The van der Waals surface area contributed by atoms with Crippen LogP contribution in [0, 0.1) is 5.92 Å². The molecule has 1 unspecified atom stereocenters. The van der Waals surface area contributed by atoms with Crippen molar-refractivity contribution in [2.45, 2.75) is 19.3 Å². The second kappa shape index (κ2) is 6.11. The lowest BCUT2D eigenvalue weighted by molar-refractivity contribution is 0.465. The highest BCUT2D eigenvalue weighted by Gasteiger charge is 2.12. The van der Waals surface area contributed by atoms with Crippen LogP contribution in [0.5, 0.6) is 0 Å². The lowest BCUT2D eigenvalue weighted by atomic mass is 9.90. The van der Waals surface area contributed by atoms with Gasteiger partial charge < -0.3 is 11.5 Å². The van der Waals surface area contributed by atoms with E-state index in [1.165, 1.54) is 5.56 Å². The molecule has 1 aromatic carbocycles. The lowest BCUT2D eigenvalue weighted by Crippen LogP contribution is -2.24. The van der Waals surface area contributed by atoms with Crippen molar-refractivity contribution in [2.24, 2.45) is 17.4 Å². The maximum Gasteiger partial charge on any atom is 0.0408 e. The molecule has 3 heteroatoms. The quantitative estimate of drug-likeness (QED) is 0.810. The predicted molar refractivity (Wildman–Crippen MR) is 66.1 cm³/mol. The molecule has 0 bridgehead atoms. The maximum atomic E-state index is 5.94. The highest BCUT2D eigenvalue weighted by molar-refractivity contribution is 6.30. The van der Waals surface area contributed by atoms with Gasteiger partial charge in [0.25, 0.3) is 0 Å². The molecule has 0 saturated heterocycles. The number of nitrogens with two attached hydrogens (primary N) is 2. The minimum absolute atomic E-state index is 0.402. The molecule has 0 aliphatic rings. The minimum atomic E-state index is 0.402. The second-order valence-electron chi connectivity index (χ2n) is 4.03. The molecular formula is C12H19ClN2. The summed E-state index contributed by atoms with van der Waals surface area (Å²) in [7, 11) is 0. The molecule has 15 heavy (non-hydrogen) atoms. The Morgan fingerprint density at radius 1 is 1.27 bits per heavy atom. The van der Waals surface area contributed by atoms with E-state index in [1.54, 1.807) is 0 Å². The summed E-state index contributed by atoms with van der Waals surface area (Å²) in [6, 6.07) is 7.98. The van der Waals surface area contributed by atoms with Gasteiger partial charge in [0.1, 0.15) is 0 Å². The average Bonchev–Trinajstić information content (AvgIpc) is 2.25. The average molecular weight is 227 g/mol. The van der Waals surface area contributed by atoms with Crippen molar-refractivity contribution in [1.82, 2.24) is 0 Å². The Kier molecular flexibility index (Phi) is 5.09. The Hall–Kier alpha value is -0.570. The van der Waals surface area contributed by atoms with Crippen LogP contribution in [0.2, 0.25) is 5.02 Å². The molecule has 1 aromatic rings. The second-order valence-corrected chi connectivity index (χ2v) is 4.47. The Labute approximate surface area is 96.6 Å². The van der Waals surface area contributed by atoms with Crippen molar-refractivity contribution in [1.29, 1.82) is 0 Å². The fourth-order valence-corrected chi connectivity index (χ4v) is 1.94. The van der Waals surface area contributed by atoms with Gasteiger partial charge in [0.15, 0.2) is 0 Å². The zero-order chi connectivity index (χ0) is 11.3. The van der Waals surface area contributed by atoms with Gasteiger partial charge in [0.05, 0.1) is 0 Å². The largest absolute Gasteiger partial charge is 0.330 e. The summed E-state index contributed by atoms with van der Waals surface area (Å²) in [6.07, 6.45) is 1.02. The summed E-state index contributed by atoms with van der Waals surface area (Å²) in [5.41, 5.74) is 12.5. The van der Waals surface area contributed by atoms with Gasteiger partial charge in [0.2, 0.25) is 0 Å². The van der Waals surface area contributed by atoms with Gasteiger partial charge in [-0.05, 0) is 49.0 Å². The van der Waals surface area contributed by atoms with E-state index in [2.05, 4.69) is 13.0 Å². The topological polar surface area (TPSA) is 52.0 Å². The van der Waals surface area contributed by atoms with Crippen LogP contribution in [0.15, 0.2) is 24.3 Å². The van der Waals surface area contributed by atoms with Gasteiger partial charge in [0, 0.05) is 5.02 Å². The van der Waals surface area contributed by atoms with Gasteiger partial charge in [-0.1, -0.05) is 30.7 Å². The van der Waals surface area contributed by atoms with Gasteiger partial charge in [-0.15, -0.1) is 0 Å². The first-order valence-corrected chi connectivity index (χ1v) is 5.70. The summed E-state index contributed by atoms with van der Waals surface area (Å²) in [5.74, 6) is 0.861. The standard InChI is InChI=1S/C12H19ClN2/c1-9(5-10(7-14)8-15)11-3-2-4-12(13)6-11/h2-4,6,9-10H,5,7-8,14-15H2,1H3. The van der Waals surface area contributed by atoms with Crippen LogP contribution < -0.4 is 11.5 Å². The van der Waals surface area contributed by atoms with Crippen molar-refractivity contribution >= 4 is 11.6 Å². The van der Waals surface area contributed by atoms with E-state index in [0.29, 0.717) is 24.9 Å². The summed E-state index contributed by atoms with van der Waals surface area (Å²) in [4.78, 5) is 0. The minimum Gasteiger partial charge on any atom is -0.330 e. The third-order valence-electron chi connectivity index (χ3n) is 2.77. The molecule has 0 spiro atoms. The van der Waals surface area contributed by atoms with Crippen molar-refractivity contribution in [3.63, 3.8) is 0 Å². The zero-order valence-electron chi connectivity index (χ0n) is 9.12.